The first-order valence-corrected chi connectivity index (χ1v) is 11.7. The van der Waals surface area contributed by atoms with Gasteiger partial charge < -0.3 is 5.32 Å². The van der Waals surface area contributed by atoms with Crippen LogP contribution in [0.5, 0.6) is 0 Å². The predicted octanol–water partition coefficient (Wildman–Crippen LogP) is 4.89. The SMILES string of the molecule is CCc1ccc(C(=O)NCCN(c2cccc(C(F)(F)F)c2)S(=O)(=O)c2ccccc2)cc1. The minimum atomic E-state index is -4.63. The molecule has 0 bridgehead atoms. The highest BCUT2D eigenvalue weighted by Gasteiger charge is 2.32. The Morgan fingerprint density at radius 2 is 1.61 bits per heavy atom. The number of sulfonamides is 1. The maximum absolute atomic E-state index is 13.2. The average molecular weight is 477 g/mol. The third-order valence-electron chi connectivity index (χ3n) is 5.02. The standard InChI is InChI=1S/C24H23F3N2O3S/c1-2-18-11-13-19(14-12-18)23(30)28-15-16-29(33(31,32)22-9-4-3-5-10-22)21-8-6-7-20(17-21)24(25,26)27/h3-14,17H,2,15-16H2,1H3,(H,28,30). The summed E-state index contributed by atoms with van der Waals surface area (Å²) in [6.07, 6.45) is -3.80. The summed E-state index contributed by atoms with van der Waals surface area (Å²) in [4.78, 5) is 12.4. The van der Waals surface area contributed by atoms with E-state index in [1.807, 2.05) is 19.1 Å². The molecule has 174 valence electrons. The van der Waals surface area contributed by atoms with Gasteiger partial charge in [0.15, 0.2) is 0 Å². The van der Waals surface area contributed by atoms with Gasteiger partial charge in [0.2, 0.25) is 0 Å². The van der Waals surface area contributed by atoms with Crippen molar-refractivity contribution in [2.75, 3.05) is 17.4 Å². The van der Waals surface area contributed by atoms with Crippen molar-refractivity contribution in [2.45, 2.75) is 24.4 Å². The van der Waals surface area contributed by atoms with E-state index in [-0.39, 0.29) is 23.7 Å². The van der Waals surface area contributed by atoms with Crippen LogP contribution >= 0.6 is 0 Å². The van der Waals surface area contributed by atoms with Crippen molar-refractivity contribution in [1.82, 2.24) is 5.32 Å². The minimum Gasteiger partial charge on any atom is -0.350 e. The third-order valence-corrected chi connectivity index (χ3v) is 6.86. The summed E-state index contributed by atoms with van der Waals surface area (Å²) < 4.78 is 67.0. The first-order valence-electron chi connectivity index (χ1n) is 10.2. The maximum Gasteiger partial charge on any atom is 0.416 e. The number of rotatable bonds is 8. The van der Waals surface area contributed by atoms with E-state index in [4.69, 9.17) is 0 Å². The molecule has 0 saturated heterocycles. The summed E-state index contributed by atoms with van der Waals surface area (Å²) in [5, 5.41) is 2.64. The lowest BCUT2D eigenvalue weighted by Gasteiger charge is -2.25. The maximum atomic E-state index is 13.2. The number of nitrogens with zero attached hydrogens (tertiary/aromatic N) is 1. The lowest BCUT2D eigenvalue weighted by molar-refractivity contribution is -0.137. The molecule has 0 unspecified atom stereocenters. The fourth-order valence-electron chi connectivity index (χ4n) is 3.21. The normalized spacial score (nSPS) is 11.8. The lowest BCUT2D eigenvalue weighted by atomic mass is 10.1. The fraction of sp³-hybridized carbons (Fsp3) is 0.208. The van der Waals surface area contributed by atoms with E-state index in [9.17, 15) is 26.4 Å². The number of halogens is 3. The average Bonchev–Trinajstić information content (AvgIpc) is 2.81. The Kier molecular flexibility index (Phi) is 7.43. The molecule has 0 radical (unpaired) electrons. The number of nitrogens with one attached hydrogen (secondary N) is 1. The molecule has 3 aromatic rings. The van der Waals surface area contributed by atoms with Crippen molar-refractivity contribution >= 4 is 21.6 Å². The summed E-state index contributed by atoms with van der Waals surface area (Å²) >= 11 is 0. The number of hydrogen-bond donors (Lipinski definition) is 1. The van der Waals surface area contributed by atoms with Crippen LogP contribution in [0.1, 0.15) is 28.4 Å². The van der Waals surface area contributed by atoms with E-state index in [2.05, 4.69) is 5.32 Å². The number of carbonyl (C=O) groups is 1. The topological polar surface area (TPSA) is 66.5 Å². The molecule has 0 aliphatic heterocycles. The Bertz CT molecular complexity index is 1200. The first kappa shape index (κ1) is 24.3. The van der Waals surface area contributed by atoms with Gasteiger partial charge in [-0.15, -0.1) is 0 Å². The zero-order valence-corrected chi connectivity index (χ0v) is 18.7. The molecule has 33 heavy (non-hydrogen) atoms. The number of aryl methyl sites for hydroxylation is 1. The highest BCUT2D eigenvalue weighted by atomic mass is 32.2. The van der Waals surface area contributed by atoms with Crippen LogP contribution in [-0.4, -0.2) is 27.4 Å². The van der Waals surface area contributed by atoms with Gasteiger partial charge in [0.05, 0.1) is 22.7 Å². The van der Waals surface area contributed by atoms with Gasteiger partial charge in [0.25, 0.3) is 15.9 Å². The highest BCUT2D eigenvalue weighted by molar-refractivity contribution is 7.92. The van der Waals surface area contributed by atoms with Crippen molar-refractivity contribution in [3.05, 3.63) is 95.6 Å². The molecule has 0 aromatic heterocycles. The second-order valence-corrected chi connectivity index (χ2v) is 9.11. The van der Waals surface area contributed by atoms with Gasteiger partial charge in [-0.25, -0.2) is 8.42 Å². The molecule has 0 fully saturated rings. The van der Waals surface area contributed by atoms with Gasteiger partial charge in [0, 0.05) is 12.1 Å². The Hall–Kier alpha value is -3.33. The zero-order valence-electron chi connectivity index (χ0n) is 17.8. The van der Waals surface area contributed by atoms with Gasteiger partial charge in [-0.05, 0) is 54.4 Å². The third kappa shape index (κ3) is 5.92. The van der Waals surface area contributed by atoms with Crippen LogP contribution in [0.2, 0.25) is 0 Å². The predicted molar refractivity (Wildman–Crippen MR) is 121 cm³/mol. The summed E-state index contributed by atoms with van der Waals surface area (Å²) in [6, 6.07) is 18.5. The van der Waals surface area contributed by atoms with Crippen LogP contribution in [0.4, 0.5) is 18.9 Å². The molecule has 3 rings (SSSR count). The number of alkyl halides is 3. The van der Waals surface area contributed by atoms with Crippen molar-refractivity contribution in [3.8, 4) is 0 Å². The van der Waals surface area contributed by atoms with Crippen molar-refractivity contribution in [3.63, 3.8) is 0 Å². The summed E-state index contributed by atoms with van der Waals surface area (Å²) in [6.45, 7) is 1.64. The lowest BCUT2D eigenvalue weighted by Crippen LogP contribution is -2.38. The van der Waals surface area contributed by atoms with Crippen LogP contribution in [0.25, 0.3) is 0 Å². The molecular weight excluding hydrogens is 453 g/mol. The Morgan fingerprint density at radius 1 is 0.939 bits per heavy atom. The van der Waals surface area contributed by atoms with Crippen LogP contribution in [0, 0.1) is 0 Å². The molecule has 0 heterocycles. The first-order chi connectivity index (χ1) is 15.6. The van der Waals surface area contributed by atoms with Crippen LogP contribution in [0.3, 0.4) is 0 Å². The molecule has 0 spiro atoms. The molecule has 1 amide bonds. The molecule has 0 aliphatic rings. The monoisotopic (exact) mass is 476 g/mol. The number of anilines is 1. The van der Waals surface area contributed by atoms with Crippen molar-refractivity contribution in [1.29, 1.82) is 0 Å². The smallest absolute Gasteiger partial charge is 0.350 e. The van der Waals surface area contributed by atoms with Gasteiger partial charge in [-0.3, -0.25) is 9.10 Å². The van der Waals surface area contributed by atoms with Crippen molar-refractivity contribution in [2.24, 2.45) is 0 Å². The quantitative estimate of drug-likeness (QED) is 0.503. The molecular formula is C24H23F3N2O3S. The second-order valence-electron chi connectivity index (χ2n) is 7.24. The van der Waals surface area contributed by atoms with Crippen LogP contribution in [-0.2, 0) is 22.6 Å². The number of hydrogen-bond acceptors (Lipinski definition) is 3. The molecule has 9 heteroatoms. The second kappa shape index (κ2) is 10.1. The van der Waals surface area contributed by atoms with Gasteiger partial charge in [-0.2, -0.15) is 13.2 Å². The van der Waals surface area contributed by atoms with Crippen LogP contribution < -0.4 is 9.62 Å². The van der Waals surface area contributed by atoms with E-state index < -0.39 is 27.7 Å². The van der Waals surface area contributed by atoms with E-state index >= 15 is 0 Å². The van der Waals surface area contributed by atoms with E-state index in [1.54, 1.807) is 18.2 Å². The Labute approximate surface area is 190 Å². The minimum absolute atomic E-state index is 0.0658. The van der Waals surface area contributed by atoms with Gasteiger partial charge >= 0.3 is 6.18 Å². The molecule has 0 saturated carbocycles. The fourth-order valence-corrected chi connectivity index (χ4v) is 4.69. The number of carbonyl (C=O) groups excluding carboxylic acids is 1. The molecule has 5 nitrogen and oxygen atoms in total. The van der Waals surface area contributed by atoms with E-state index in [0.717, 1.165) is 34.5 Å². The van der Waals surface area contributed by atoms with Gasteiger partial charge in [0.1, 0.15) is 0 Å². The molecule has 0 aliphatic carbocycles. The highest BCUT2D eigenvalue weighted by Crippen LogP contribution is 2.33. The molecule has 1 N–H and O–H groups in total. The Morgan fingerprint density at radius 3 is 2.21 bits per heavy atom. The van der Waals surface area contributed by atoms with Crippen LogP contribution in [0.15, 0.2) is 83.8 Å². The summed E-state index contributed by atoms with van der Waals surface area (Å²) in [5.41, 5.74) is 0.364. The number of amides is 1. The number of benzene rings is 3. The van der Waals surface area contributed by atoms with E-state index in [0.29, 0.717) is 5.56 Å². The summed E-state index contributed by atoms with van der Waals surface area (Å²) in [7, 11) is -4.17. The largest absolute Gasteiger partial charge is 0.416 e. The van der Waals surface area contributed by atoms with Gasteiger partial charge in [-0.1, -0.05) is 43.3 Å². The zero-order chi connectivity index (χ0) is 24.1. The van der Waals surface area contributed by atoms with E-state index in [1.165, 1.54) is 30.3 Å². The summed E-state index contributed by atoms with van der Waals surface area (Å²) in [5.74, 6) is -0.404. The van der Waals surface area contributed by atoms with Crippen molar-refractivity contribution < 1.29 is 26.4 Å². The Balaban J connectivity index is 1.85. The molecule has 3 aromatic carbocycles. The molecule has 0 atom stereocenters.